The lowest BCUT2D eigenvalue weighted by Gasteiger charge is -2.35. The number of aryl methyl sites for hydroxylation is 2. The molecule has 2 fully saturated rings. The summed E-state index contributed by atoms with van der Waals surface area (Å²) in [6.45, 7) is 9.58. The van der Waals surface area contributed by atoms with Gasteiger partial charge in [-0.1, -0.05) is 13.3 Å². The Morgan fingerprint density at radius 1 is 1.12 bits per heavy atom. The third-order valence-electron chi connectivity index (χ3n) is 6.17. The molecule has 5 heteroatoms. The molecule has 5 nitrogen and oxygen atoms in total. The Hall–Kier alpha value is -1.91. The average Bonchev–Trinajstić information content (AvgIpc) is 3.06. The summed E-state index contributed by atoms with van der Waals surface area (Å²) in [5.74, 6) is 4.67. The Balaban J connectivity index is 1.56. The Morgan fingerprint density at radius 2 is 1.96 bits per heavy atom. The number of hydrogen-bond acceptors (Lipinski definition) is 4. The Labute approximate surface area is 156 Å². The van der Waals surface area contributed by atoms with Crippen molar-refractivity contribution in [1.82, 2.24) is 19.5 Å². The first-order chi connectivity index (χ1) is 12.7. The van der Waals surface area contributed by atoms with Crippen molar-refractivity contribution >= 4 is 5.82 Å². The van der Waals surface area contributed by atoms with Crippen LogP contribution < -0.4 is 4.90 Å². The van der Waals surface area contributed by atoms with Gasteiger partial charge in [0.2, 0.25) is 0 Å². The minimum absolute atomic E-state index is 0.499. The smallest absolute Gasteiger partial charge is 0.135 e. The molecule has 0 spiro atoms. The molecule has 1 aliphatic carbocycles. The van der Waals surface area contributed by atoms with Gasteiger partial charge in [0.05, 0.1) is 0 Å². The van der Waals surface area contributed by atoms with Crippen LogP contribution in [0.2, 0.25) is 0 Å². The van der Waals surface area contributed by atoms with Crippen molar-refractivity contribution in [1.29, 1.82) is 0 Å². The average molecular weight is 354 g/mol. The van der Waals surface area contributed by atoms with Crippen LogP contribution in [0.15, 0.2) is 12.4 Å². The summed E-state index contributed by atoms with van der Waals surface area (Å²) in [4.78, 5) is 16.6. The molecule has 1 unspecified atom stereocenters. The predicted octanol–water partition coefficient (Wildman–Crippen LogP) is 4.04. The second-order valence-electron chi connectivity index (χ2n) is 8.03. The van der Waals surface area contributed by atoms with Gasteiger partial charge >= 0.3 is 0 Å². The van der Waals surface area contributed by atoms with E-state index in [0.717, 1.165) is 49.3 Å². The lowest BCUT2D eigenvalue weighted by molar-refractivity contribution is 0.270. The zero-order chi connectivity index (χ0) is 18.1. The Kier molecular flexibility index (Phi) is 4.96. The second kappa shape index (κ2) is 7.37. The zero-order valence-electron chi connectivity index (χ0n) is 16.4. The summed E-state index contributed by atoms with van der Waals surface area (Å²) in [7, 11) is 0. The van der Waals surface area contributed by atoms with E-state index in [1.807, 2.05) is 13.1 Å². The van der Waals surface area contributed by atoms with Gasteiger partial charge in [0.15, 0.2) is 0 Å². The maximum Gasteiger partial charge on any atom is 0.135 e. The fourth-order valence-electron chi connectivity index (χ4n) is 4.56. The highest BCUT2D eigenvalue weighted by Crippen LogP contribution is 2.33. The van der Waals surface area contributed by atoms with Crippen molar-refractivity contribution in [2.24, 2.45) is 5.92 Å². The highest BCUT2D eigenvalue weighted by molar-refractivity contribution is 5.50. The maximum absolute atomic E-state index is 4.83. The molecule has 3 heterocycles. The van der Waals surface area contributed by atoms with E-state index in [0.29, 0.717) is 5.92 Å². The van der Waals surface area contributed by atoms with Gasteiger partial charge in [0.25, 0.3) is 0 Å². The standard InChI is InChI=1S/C21H31N5/c1-4-19-15(2)23-16(3)24-21(19)25-11-6-9-18(14-25)20-22-10-12-26(20)13-17-7-5-8-17/h10,12,17-18H,4-9,11,13-14H2,1-3H3. The minimum Gasteiger partial charge on any atom is -0.356 e. The van der Waals surface area contributed by atoms with Crippen molar-refractivity contribution in [2.45, 2.75) is 71.8 Å². The van der Waals surface area contributed by atoms with Crippen molar-refractivity contribution < 1.29 is 0 Å². The normalized spacial score (nSPS) is 21.0. The van der Waals surface area contributed by atoms with Crippen LogP contribution in [0.1, 0.15) is 67.9 Å². The summed E-state index contributed by atoms with van der Waals surface area (Å²) in [6.07, 6.45) is 11.7. The first-order valence-corrected chi connectivity index (χ1v) is 10.3. The van der Waals surface area contributed by atoms with Crippen LogP contribution in [0.3, 0.4) is 0 Å². The number of imidazole rings is 1. The van der Waals surface area contributed by atoms with Gasteiger partial charge in [-0.3, -0.25) is 0 Å². The molecule has 1 saturated heterocycles. The molecule has 0 amide bonds. The molecular formula is C21H31N5. The fraction of sp³-hybridized carbons (Fsp3) is 0.667. The van der Waals surface area contributed by atoms with E-state index >= 15 is 0 Å². The Morgan fingerprint density at radius 3 is 2.69 bits per heavy atom. The number of aromatic nitrogens is 4. The van der Waals surface area contributed by atoms with Gasteiger partial charge in [0, 0.05) is 49.2 Å². The van der Waals surface area contributed by atoms with Gasteiger partial charge in [-0.05, 0) is 51.9 Å². The third-order valence-corrected chi connectivity index (χ3v) is 6.17. The predicted molar refractivity (Wildman–Crippen MR) is 105 cm³/mol. The molecule has 0 bridgehead atoms. The van der Waals surface area contributed by atoms with Gasteiger partial charge in [-0.15, -0.1) is 0 Å². The van der Waals surface area contributed by atoms with E-state index < -0.39 is 0 Å². The molecule has 140 valence electrons. The van der Waals surface area contributed by atoms with E-state index in [1.54, 1.807) is 0 Å². The quantitative estimate of drug-likeness (QED) is 0.814. The summed E-state index contributed by atoms with van der Waals surface area (Å²) in [5.41, 5.74) is 2.43. The van der Waals surface area contributed by atoms with Crippen molar-refractivity contribution in [3.05, 3.63) is 35.3 Å². The van der Waals surface area contributed by atoms with Crippen LogP contribution >= 0.6 is 0 Å². The third kappa shape index (κ3) is 3.36. The van der Waals surface area contributed by atoms with Crippen molar-refractivity contribution in [3.8, 4) is 0 Å². The van der Waals surface area contributed by atoms with Crippen LogP contribution in [0.25, 0.3) is 0 Å². The van der Waals surface area contributed by atoms with E-state index in [1.165, 1.54) is 43.5 Å². The molecule has 2 aromatic heterocycles. The van der Waals surface area contributed by atoms with Crippen molar-refractivity contribution in [3.63, 3.8) is 0 Å². The highest BCUT2D eigenvalue weighted by Gasteiger charge is 2.28. The fourth-order valence-corrected chi connectivity index (χ4v) is 4.56. The largest absolute Gasteiger partial charge is 0.356 e. The molecule has 1 aliphatic heterocycles. The van der Waals surface area contributed by atoms with Gasteiger partial charge in [-0.2, -0.15) is 0 Å². The molecule has 2 aromatic rings. The van der Waals surface area contributed by atoms with Crippen LogP contribution in [-0.2, 0) is 13.0 Å². The first-order valence-electron chi connectivity index (χ1n) is 10.3. The van der Waals surface area contributed by atoms with Crippen LogP contribution in [0.5, 0.6) is 0 Å². The van der Waals surface area contributed by atoms with E-state index in [9.17, 15) is 0 Å². The topological polar surface area (TPSA) is 46.8 Å². The van der Waals surface area contributed by atoms with Gasteiger partial charge < -0.3 is 9.47 Å². The lowest BCUT2D eigenvalue weighted by Crippen LogP contribution is -2.37. The molecule has 0 aromatic carbocycles. The summed E-state index contributed by atoms with van der Waals surface area (Å²) in [5, 5.41) is 0. The number of piperidine rings is 1. The van der Waals surface area contributed by atoms with Crippen LogP contribution in [-0.4, -0.2) is 32.6 Å². The molecule has 1 saturated carbocycles. The SMILES string of the molecule is CCc1c(C)nc(C)nc1N1CCCC(c2nccn2CC2CCC2)C1. The van der Waals surface area contributed by atoms with E-state index in [-0.39, 0.29) is 0 Å². The minimum atomic E-state index is 0.499. The summed E-state index contributed by atoms with van der Waals surface area (Å²) in [6, 6.07) is 0. The maximum atomic E-state index is 4.83. The van der Waals surface area contributed by atoms with Crippen molar-refractivity contribution in [2.75, 3.05) is 18.0 Å². The first kappa shape index (κ1) is 17.5. The number of rotatable bonds is 5. The summed E-state index contributed by atoms with van der Waals surface area (Å²) >= 11 is 0. The van der Waals surface area contributed by atoms with Crippen LogP contribution in [0, 0.1) is 19.8 Å². The molecular weight excluding hydrogens is 322 g/mol. The number of anilines is 1. The van der Waals surface area contributed by atoms with E-state index in [4.69, 9.17) is 9.97 Å². The zero-order valence-corrected chi connectivity index (χ0v) is 16.4. The molecule has 4 rings (SSSR count). The Bertz CT molecular complexity index is 762. The highest BCUT2D eigenvalue weighted by atomic mass is 15.2. The molecule has 0 radical (unpaired) electrons. The lowest BCUT2D eigenvalue weighted by atomic mass is 9.85. The molecule has 26 heavy (non-hydrogen) atoms. The number of hydrogen-bond donors (Lipinski definition) is 0. The van der Waals surface area contributed by atoms with Crippen LogP contribution in [0.4, 0.5) is 5.82 Å². The second-order valence-corrected chi connectivity index (χ2v) is 8.03. The number of nitrogens with zero attached hydrogens (tertiary/aromatic N) is 5. The van der Waals surface area contributed by atoms with Gasteiger partial charge in [0.1, 0.15) is 17.5 Å². The van der Waals surface area contributed by atoms with Gasteiger partial charge in [-0.25, -0.2) is 15.0 Å². The monoisotopic (exact) mass is 353 g/mol. The molecule has 1 atom stereocenters. The molecule has 2 aliphatic rings. The summed E-state index contributed by atoms with van der Waals surface area (Å²) < 4.78 is 2.43. The molecule has 0 N–H and O–H groups in total. The van der Waals surface area contributed by atoms with E-state index in [2.05, 4.69) is 34.5 Å².